The molecule has 3 aromatic carbocycles. The molecule has 4 rings (SSSR count). The van der Waals surface area contributed by atoms with Crippen LogP contribution in [-0.2, 0) is 22.6 Å². The zero-order valence-electron chi connectivity index (χ0n) is 23.2. The Hall–Kier alpha value is -3.02. The number of rotatable bonds is 11. The molecular formula is C33H38Cl2N2O3. The monoisotopic (exact) mass is 580 g/mol. The Morgan fingerprint density at radius 3 is 2.35 bits per heavy atom. The quantitative estimate of drug-likeness (QED) is 0.254. The second-order valence-corrected chi connectivity index (χ2v) is 11.6. The zero-order valence-corrected chi connectivity index (χ0v) is 24.8. The summed E-state index contributed by atoms with van der Waals surface area (Å²) in [5, 5.41) is 4.21. The smallest absolute Gasteiger partial charge is 0.261 e. The van der Waals surface area contributed by atoms with Gasteiger partial charge in [0.1, 0.15) is 11.8 Å². The van der Waals surface area contributed by atoms with Crippen molar-refractivity contribution in [2.45, 2.75) is 76.9 Å². The van der Waals surface area contributed by atoms with Crippen molar-refractivity contribution in [1.29, 1.82) is 0 Å². The van der Waals surface area contributed by atoms with Crippen molar-refractivity contribution in [2.24, 2.45) is 0 Å². The molecule has 1 aliphatic rings. The van der Waals surface area contributed by atoms with Crippen molar-refractivity contribution in [3.05, 3.63) is 99.5 Å². The van der Waals surface area contributed by atoms with E-state index < -0.39 is 6.04 Å². The summed E-state index contributed by atoms with van der Waals surface area (Å²) in [5.41, 5.74) is 2.71. The molecule has 1 fully saturated rings. The molecule has 1 N–H and O–H groups in total. The molecule has 0 spiro atoms. The van der Waals surface area contributed by atoms with E-state index in [1.54, 1.807) is 23.1 Å². The van der Waals surface area contributed by atoms with Crippen LogP contribution in [0.1, 0.15) is 68.6 Å². The van der Waals surface area contributed by atoms with Crippen molar-refractivity contribution in [1.82, 2.24) is 10.2 Å². The molecule has 0 saturated heterocycles. The fraction of sp³-hybridized carbons (Fsp3) is 0.394. The lowest BCUT2D eigenvalue weighted by molar-refractivity contribution is -0.143. The fourth-order valence-electron chi connectivity index (χ4n) is 5.24. The third-order valence-electron chi connectivity index (χ3n) is 7.47. The van der Waals surface area contributed by atoms with Crippen molar-refractivity contribution in [2.75, 3.05) is 6.61 Å². The van der Waals surface area contributed by atoms with Crippen molar-refractivity contribution in [3.8, 4) is 5.75 Å². The van der Waals surface area contributed by atoms with E-state index in [2.05, 4.69) is 19.2 Å². The van der Waals surface area contributed by atoms with Crippen LogP contribution in [0.25, 0.3) is 0 Å². The molecular weight excluding hydrogens is 543 g/mol. The van der Waals surface area contributed by atoms with E-state index in [0.717, 1.165) is 36.8 Å². The van der Waals surface area contributed by atoms with Crippen LogP contribution in [0.5, 0.6) is 5.75 Å². The van der Waals surface area contributed by atoms with Gasteiger partial charge in [-0.25, -0.2) is 0 Å². The van der Waals surface area contributed by atoms with Gasteiger partial charge < -0.3 is 15.0 Å². The number of hydrogen-bond donors (Lipinski definition) is 1. The molecule has 5 nitrogen and oxygen atoms in total. The first-order chi connectivity index (χ1) is 19.3. The average Bonchev–Trinajstić information content (AvgIpc) is 2.95. The molecule has 0 unspecified atom stereocenters. The Morgan fingerprint density at radius 1 is 0.950 bits per heavy atom. The molecule has 1 saturated carbocycles. The van der Waals surface area contributed by atoms with E-state index >= 15 is 0 Å². The molecule has 1 atom stereocenters. The van der Waals surface area contributed by atoms with Crippen LogP contribution >= 0.6 is 23.2 Å². The summed E-state index contributed by atoms with van der Waals surface area (Å²) >= 11 is 12.7. The third kappa shape index (κ3) is 8.25. The first-order valence-corrected chi connectivity index (χ1v) is 14.9. The number of nitrogens with zero attached hydrogens (tertiary/aromatic N) is 1. The first-order valence-electron chi connectivity index (χ1n) is 14.1. The highest BCUT2D eigenvalue weighted by atomic mass is 35.5. The topological polar surface area (TPSA) is 58.6 Å². The van der Waals surface area contributed by atoms with E-state index in [0.29, 0.717) is 27.8 Å². The average molecular weight is 582 g/mol. The summed E-state index contributed by atoms with van der Waals surface area (Å²) in [6.07, 6.45) is 5.67. The number of halogens is 2. The molecule has 0 aliphatic heterocycles. The largest absolute Gasteiger partial charge is 0.483 e. The molecule has 3 aromatic rings. The number of nitrogens with one attached hydrogen (secondary N) is 1. The van der Waals surface area contributed by atoms with E-state index in [1.807, 2.05) is 54.6 Å². The molecule has 2 amide bonds. The minimum atomic E-state index is -0.743. The highest BCUT2D eigenvalue weighted by Gasteiger charge is 2.32. The summed E-state index contributed by atoms with van der Waals surface area (Å²) < 4.78 is 6.08. The van der Waals surface area contributed by atoms with E-state index in [-0.39, 0.29) is 36.9 Å². The summed E-state index contributed by atoms with van der Waals surface area (Å²) in [5.74, 6) is 0.463. The van der Waals surface area contributed by atoms with Crippen LogP contribution < -0.4 is 10.1 Å². The Morgan fingerprint density at radius 2 is 1.65 bits per heavy atom. The van der Waals surface area contributed by atoms with Crippen LogP contribution in [0.3, 0.4) is 0 Å². The number of amides is 2. The van der Waals surface area contributed by atoms with Gasteiger partial charge in [-0.05, 0) is 53.6 Å². The number of hydrogen-bond acceptors (Lipinski definition) is 3. The number of carbonyl (C=O) groups is 2. The molecule has 0 aromatic heterocycles. The number of para-hydroxylation sites is 1. The van der Waals surface area contributed by atoms with Gasteiger partial charge in [-0.1, -0.05) is 111 Å². The minimum absolute atomic E-state index is 0.116. The molecule has 40 heavy (non-hydrogen) atoms. The van der Waals surface area contributed by atoms with Crippen molar-refractivity contribution < 1.29 is 14.3 Å². The lowest BCUT2D eigenvalue weighted by atomic mass is 9.94. The highest BCUT2D eigenvalue weighted by Crippen LogP contribution is 2.27. The van der Waals surface area contributed by atoms with Crippen molar-refractivity contribution in [3.63, 3.8) is 0 Å². The van der Waals surface area contributed by atoms with Crippen LogP contribution in [0, 0.1) is 0 Å². The second-order valence-electron chi connectivity index (χ2n) is 10.8. The van der Waals surface area contributed by atoms with Gasteiger partial charge in [0.2, 0.25) is 5.91 Å². The number of benzene rings is 3. The highest BCUT2D eigenvalue weighted by molar-refractivity contribution is 6.35. The molecule has 0 heterocycles. The maximum absolute atomic E-state index is 14.0. The van der Waals surface area contributed by atoms with Gasteiger partial charge in [0.25, 0.3) is 5.91 Å². The normalized spacial score (nSPS) is 14.5. The molecule has 1 aliphatic carbocycles. The summed E-state index contributed by atoms with van der Waals surface area (Å²) in [7, 11) is 0. The summed E-state index contributed by atoms with van der Waals surface area (Å²) in [4.78, 5) is 29.5. The third-order valence-corrected chi connectivity index (χ3v) is 8.06. The minimum Gasteiger partial charge on any atom is -0.483 e. The summed E-state index contributed by atoms with van der Waals surface area (Å²) in [6, 6.07) is 22.1. The zero-order chi connectivity index (χ0) is 28.5. The van der Waals surface area contributed by atoms with E-state index in [1.165, 1.54) is 6.42 Å². The van der Waals surface area contributed by atoms with Crippen LogP contribution in [0.2, 0.25) is 10.0 Å². The molecule has 0 bridgehead atoms. The SMILES string of the molecule is CC(C)c1ccccc1OCC(=O)N(Cc1ccc(Cl)cc1Cl)[C@@H](Cc1ccccc1)C(=O)NC1CCCCC1. The van der Waals surface area contributed by atoms with Gasteiger partial charge in [0.05, 0.1) is 0 Å². The van der Waals surface area contributed by atoms with E-state index in [9.17, 15) is 9.59 Å². The second kappa shape index (κ2) is 14.6. The standard InChI is InChI=1S/C33H38Cl2N2O3/c1-23(2)28-15-9-10-16-31(28)40-22-32(38)37(21-25-17-18-26(34)20-29(25)35)30(19-24-11-5-3-6-12-24)33(39)36-27-13-7-4-8-14-27/h3,5-6,9-12,15-18,20,23,27,30H,4,7-8,13-14,19,21-22H2,1-2H3,(H,36,39)/t30-/m0/s1. The Balaban J connectivity index is 1.65. The van der Waals surface area contributed by atoms with Crippen LogP contribution in [-0.4, -0.2) is 35.4 Å². The lowest BCUT2D eigenvalue weighted by Crippen LogP contribution is -2.53. The number of ether oxygens (including phenoxy) is 1. The molecule has 212 valence electrons. The van der Waals surface area contributed by atoms with Gasteiger partial charge in [-0.2, -0.15) is 0 Å². The van der Waals surface area contributed by atoms with Gasteiger partial charge >= 0.3 is 0 Å². The lowest BCUT2D eigenvalue weighted by Gasteiger charge is -2.33. The maximum Gasteiger partial charge on any atom is 0.261 e. The van der Waals surface area contributed by atoms with Gasteiger partial charge in [-0.3, -0.25) is 9.59 Å². The van der Waals surface area contributed by atoms with Gasteiger partial charge in [0.15, 0.2) is 6.61 Å². The number of carbonyl (C=O) groups excluding carboxylic acids is 2. The molecule has 0 radical (unpaired) electrons. The Bertz CT molecular complexity index is 1280. The Kier molecular flexibility index (Phi) is 10.9. The first kappa shape index (κ1) is 30.0. The predicted molar refractivity (Wildman–Crippen MR) is 162 cm³/mol. The fourth-order valence-corrected chi connectivity index (χ4v) is 5.71. The molecule has 7 heteroatoms. The van der Waals surface area contributed by atoms with E-state index in [4.69, 9.17) is 27.9 Å². The maximum atomic E-state index is 14.0. The Labute approximate surface area is 247 Å². The van der Waals surface area contributed by atoms with Crippen molar-refractivity contribution >= 4 is 35.0 Å². The predicted octanol–water partition coefficient (Wildman–Crippen LogP) is 7.58. The van der Waals surface area contributed by atoms with Gasteiger partial charge in [0, 0.05) is 29.1 Å². The van der Waals surface area contributed by atoms with Gasteiger partial charge in [-0.15, -0.1) is 0 Å². The van der Waals surface area contributed by atoms with Crippen LogP contribution in [0.15, 0.2) is 72.8 Å². The summed E-state index contributed by atoms with van der Waals surface area (Å²) in [6.45, 7) is 4.13. The van der Waals surface area contributed by atoms with Crippen LogP contribution in [0.4, 0.5) is 0 Å².